The largest absolute Gasteiger partial charge is 0.508 e. The lowest BCUT2D eigenvalue weighted by Gasteiger charge is -2.31. The summed E-state index contributed by atoms with van der Waals surface area (Å²) in [6.07, 6.45) is 1.83. The van der Waals surface area contributed by atoms with E-state index in [1.54, 1.807) is 12.1 Å². The summed E-state index contributed by atoms with van der Waals surface area (Å²) in [6, 6.07) is 5.43. The fourth-order valence-electron chi connectivity index (χ4n) is 2.86. The van der Waals surface area contributed by atoms with Gasteiger partial charge in [-0.3, -0.25) is 4.79 Å². The first-order valence-electron chi connectivity index (χ1n) is 5.66. The normalized spacial score (nSPS) is 29.4. The van der Waals surface area contributed by atoms with Crippen LogP contribution in [0.15, 0.2) is 18.2 Å². The van der Waals surface area contributed by atoms with E-state index in [9.17, 15) is 9.90 Å². The molecule has 2 aliphatic rings. The molecule has 0 amide bonds. The number of carbonyl (C=O) groups is 1. The zero-order valence-corrected chi connectivity index (χ0v) is 9.19. The quantitative estimate of drug-likeness (QED) is 0.769. The highest BCUT2D eigenvalue weighted by molar-refractivity contribution is 5.81. The Morgan fingerprint density at radius 1 is 1.62 bits per heavy atom. The average molecular weight is 218 g/mol. The molecular weight excluding hydrogens is 204 g/mol. The predicted molar refractivity (Wildman–Crippen MR) is 58.2 cm³/mol. The number of rotatable bonds is 2. The minimum Gasteiger partial charge on any atom is -0.508 e. The van der Waals surface area contributed by atoms with Crippen LogP contribution in [-0.2, 0) is 21.4 Å². The number of esters is 1. The van der Waals surface area contributed by atoms with E-state index >= 15 is 0 Å². The molecular formula is C13H14O3. The average Bonchev–Trinajstić information content (AvgIpc) is 2.98. The molecule has 1 aromatic rings. The van der Waals surface area contributed by atoms with Crippen molar-refractivity contribution in [2.75, 3.05) is 6.61 Å². The summed E-state index contributed by atoms with van der Waals surface area (Å²) < 4.78 is 5.04. The Morgan fingerprint density at radius 2 is 2.44 bits per heavy atom. The van der Waals surface area contributed by atoms with Crippen LogP contribution in [0.4, 0.5) is 0 Å². The van der Waals surface area contributed by atoms with Crippen molar-refractivity contribution in [2.24, 2.45) is 5.92 Å². The van der Waals surface area contributed by atoms with E-state index in [1.807, 2.05) is 13.0 Å². The van der Waals surface area contributed by atoms with Crippen molar-refractivity contribution in [3.63, 3.8) is 0 Å². The maximum absolute atomic E-state index is 11.6. The first-order valence-corrected chi connectivity index (χ1v) is 5.66. The van der Waals surface area contributed by atoms with E-state index < -0.39 is 0 Å². The fraction of sp³-hybridized carbons (Fsp3) is 0.462. The lowest BCUT2D eigenvalue weighted by Crippen LogP contribution is -2.29. The molecule has 0 aliphatic heterocycles. The number of hydrogen-bond donors (Lipinski definition) is 1. The summed E-state index contributed by atoms with van der Waals surface area (Å²) in [4.78, 5) is 11.6. The molecule has 0 radical (unpaired) electrons. The number of phenols is 1. The third kappa shape index (κ3) is 1.11. The highest BCUT2D eigenvalue weighted by atomic mass is 16.5. The number of carbonyl (C=O) groups excluding carboxylic acids is 1. The van der Waals surface area contributed by atoms with Gasteiger partial charge in [-0.25, -0.2) is 0 Å². The van der Waals surface area contributed by atoms with Crippen molar-refractivity contribution in [3.05, 3.63) is 29.3 Å². The summed E-state index contributed by atoms with van der Waals surface area (Å²) in [5, 5.41) is 9.44. The molecule has 1 spiro atoms. The molecule has 0 unspecified atom stereocenters. The smallest absolute Gasteiger partial charge is 0.309 e. The molecule has 0 saturated heterocycles. The molecule has 1 saturated carbocycles. The van der Waals surface area contributed by atoms with Crippen LogP contribution in [0.5, 0.6) is 5.75 Å². The Kier molecular flexibility index (Phi) is 1.82. The van der Waals surface area contributed by atoms with Gasteiger partial charge in [0.1, 0.15) is 5.75 Å². The van der Waals surface area contributed by atoms with Crippen molar-refractivity contribution in [2.45, 2.75) is 25.2 Å². The van der Waals surface area contributed by atoms with E-state index in [0.29, 0.717) is 6.61 Å². The Morgan fingerprint density at radius 3 is 3.19 bits per heavy atom. The molecule has 1 N–H and O–H groups in total. The zero-order valence-electron chi connectivity index (χ0n) is 9.19. The lowest BCUT2D eigenvalue weighted by atomic mass is 9.73. The second kappa shape index (κ2) is 3.00. The van der Waals surface area contributed by atoms with Gasteiger partial charge in [-0.15, -0.1) is 0 Å². The molecule has 84 valence electrons. The Bertz CT molecular complexity index is 466. The van der Waals surface area contributed by atoms with Crippen molar-refractivity contribution >= 4 is 5.97 Å². The van der Waals surface area contributed by atoms with Gasteiger partial charge in [0.05, 0.1) is 12.5 Å². The number of phenolic OH excluding ortho intramolecular Hbond substituents is 1. The van der Waals surface area contributed by atoms with Gasteiger partial charge in [-0.05, 0) is 43.0 Å². The van der Waals surface area contributed by atoms with Gasteiger partial charge in [-0.2, -0.15) is 0 Å². The first kappa shape index (κ1) is 9.70. The van der Waals surface area contributed by atoms with Crippen LogP contribution in [0.25, 0.3) is 0 Å². The molecule has 0 heterocycles. The van der Waals surface area contributed by atoms with Crippen molar-refractivity contribution in [1.82, 2.24) is 0 Å². The number of hydrogen-bond acceptors (Lipinski definition) is 3. The molecule has 1 fully saturated rings. The van der Waals surface area contributed by atoms with Crippen LogP contribution < -0.4 is 0 Å². The molecule has 0 bridgehead atoms. The van der Waals surface area contributed by atoms with E-state index in [2.05, 4.69) is 0 Å². The van der Waals surface area contributed by atoms with Crippen LogP contribution in [0, 0.1) is 5.92 Å². The Labute approximate surface area is 94.0 Å². The molecule has 1 aromatic carbocycles. The second-order valence-corrected chi connectivity index (χ2v) is 4.68. The van der Waals surface area contributed by atoms with E-state index in [1.165, 1.54) is 5.56 Å². The van der Waals surface area contributed by atoms with Crippen molar-refractivity contribution < 1.29 is 14.6 Å². The van der Waals surface area contributed by atoms with Crippen LogP contribution in [0.2, 0.25) is 0 Å². The van der Waals surface area contributed by atoms with Gasteiger partial charge in [-0.1, -0.05) is 6.07 Å². The molecule has 2 atom stereocenters. The first-order chi connectivity index (χ1) is 7.67. The molecule has 2 aliphatic carbocycles. The zero-order chi connectivity index (χ0) is 11.3. The number of fused-ring (bicyclic) bond motifs is 2. The van der Waals surface area contributed by atoms with Gasteiger partial charge >= 0.3 is 5.97 Å². The van der Waals surface area contributed by atoms with Crippen LogP contribution >= 0.6 is 0 Å². The predicted octanol–water partition coefficient (Wildman–Crippen LogP) is 1.77. The molecule has 3 rings (SSSR count). The monoisotopic (exact) mass is 218 g/mol. The SMILES string of the molecule is CCOC(=O)[C@@H]1C[C@]12Cc1ccc(O)cc12. The summed E-state index contributed by atoms with van der Waals surface area (Å²) >= 11 is 0. The number of benzene rings is 1. The molecule has 3 nitrogen and oxygen atoms in total. The third-order valence-corrected chi connectivity index (χ3v) is 3.78. The van der Waals surface area contributed by atoms with Crippen molar-refractivity contribution in [3.8, 4) is 5.75 Å². The highest BCUT2D eigenvalue weighted by Crippen LogP contribution is 2.64. The Hall–Kier alpha value is -1.51. The number of ether oxygens (including phenoxy) is 1. The summed E-state index contributed by atoms with van der Waals surface area (Å²) in [5.74, 6) is 0.213. The highest BCUT2D eigenvalue weighted by Gasteiger charge is 2.65. The Balaban J connectivity index is 1.84. The third-order valence-electron chi connectivity index (χ3n) is 3.78. The lowest BCUT2D eigenvalue weighted by molar-refractivity contribution is -0.145. The maximum atomic E-state index is 11.6. The van der Waals surface area contributed by atoms with E-state index in [0.717, 1.165) is 18.4 Å². The topological polar surface area (TPSA) is 46.5 Å². The maximum Gasteiger partial charge on any atom is 0.309 e. The van der Waals surface area contributed by atoms with Gasteiger partial charge in [0.2, 0.25) is 0 Å². The minimum atomic E-state index is -0.0866. The van der Waals surface area contributed by atoms with E-state index in [4.69, 9.17) is 4.74 Å². The summed E-state index contributed by atoms with van der Waals surface area (Å²) in [6.45, 7) is 2.27. The van der Waals surface area contributed by atoms with Crippen LogP contribution in [-0.4, -0.2) is 17.7 Å². The summed E-state index contributed by atoms with van der Waals surface area (Å²) in [7, 11) is 0. The van der Waals surface area contributed by atoms with Gasteiger partial charge < -0.3 is 9.84 Å². The fourth-order valence-corrected chi connectivity index (χ4v) is 2.86. The van der Waals surface area contributed by atoms with E-state index in [-0.39, 0.29) is 23.1 Å². The van der Waals surface area contributed by atoms with Crippen LogP contribution in [0.3, 0.4) is 0 Å². The van der Waals surface area contributed by atoms with Gasteiger partial charge in [0, 0.05) is 5.41 Å². The molecule has 3 heteroatoms. The standard InChI is InChI=1S/C13H14O3/c1-2-16-12(15)11-7-13(11)6-8-3-4-9(14)5-10(8)13/h3-5,11,14H,2,6-7H2,1H3/t11-,13-/m0/s1. The van der Waals surface area contributed by atoms with Crippen molar-refractivity contribution in [1.29, 1.82) is 0 Å². The number of aromatic hydroxyl groups is 1. The summed E-state index contributed by atoms with van der Waals surface area (Å²) in [5.41, 5.74) is 2.40. The molecule has 16 heavy (non-hydrogen) atoms. The van der Waals surface area contributed by atoms with Gasteiger partial charge in [0.15, 0.2) is 0 Å². The van der Waals surface area contributed by atoms with Gasteiger partial charge in [0.25, 0.3) is 0 Å². The molecule has 0 aromatic heterocycles. The minimum absolute atomic E-state index is 0.000324. The van der Waals surface area contributed by atoms with Crippen LogP contribution in [0.1, 0.15) is 24.5 Å². The second-order valence-electron chi connectivity index (χ2n) is 4.68.